The molecule has 1 nitrogen and oxygen atoms in total. The van der Waals surface area contributed by atoms with Crippen molar-refractivity contribution in [2.24, 2.45) is 0 Å². The molecule has 1 heteroatoms. The van der Waals surface area contributed by atoms with Gasteiger partial charge in [0, 0.05) is 19.3 Å². The number of quaternary nitrogens is 1. The Labute approximate surface area is 111 Å². The molecule has 0 aliphatic heterocycles. The van der Waals surface area contributed by atoms with Gasteiger partial charge in [0.15, 0.2) is 0 Å². The first kappa shape index (κ1) is 13.4. The predicted octanol–water partition coefficient (Wildman–Crippen LogP) is 3.07. The molecule has 0 radical (unpaired) electrons. The normalized spacial score (nSPS) is 19.2. The predicted molar refractivity (Wildman–Crippen MR) is 77.6 cm³/mol. The summed E-state index contributed by atoms with van der Waals surface area (Å²) in [5.41, 5.74) is 1.86. The van der Waals surface area contributed by atoms with Crippen LogP contribution in [0, 0.1) is 0 Å². The Morgan fingerprint density at radius 1 is 1.11 bits per heavy atom. The van der Waals surface area contributed by atoms with Gasteiger partial charge in [-0.05, 0) is 31.4 Å². The van der Waals surface area contributed by atoms with Crippen molar-refractivity contribution < 1.29 is 5.32 Å². The van der Waals surface area contributed by atoms with Crippen LogP contribution in [-0.2, 0) is 6.42 Å². The van der Waals surface area contributed by atoms with Gasteiger partial charge < -0.3 is 5.32 Å². The van der Waals surface area contributed by atoms with Gasteiger partial charge in [-0.25, -0.2) is 0 Å². The molecule has 1 aromatic carbocycles. The summed E-state index contributed by atoms with van der Waals surface area (Å²) >= 11 is 0. The van der Waals surface area contributed by atoms with Crippen molar-refractivity contribution >= 4 is 0 Å². The second-order valence-corrected chi connectivity index (χ2v) is 5.52. The van der Waals surface area contributed by atoms with Gasteiger partial charge in [0.2, 0.25) is 0 Å². The van der Waals surface area contributed by atoms with E-state index in [1.807, 2.05) is 0 Å². The molecule has 1 aliphatic rings. The topological polar surface area (TPSA) is 16.6 Å². The average molecular weight is 244 g/mol. The SMILES string of the molecule is CC=CC1([NH2+]CCc2ccccc2)CCCCC1. The minimum absolute atomic E-state index is 0.405. The highest BCUT2D eigenvalue weighted by Gasteiger charge is 2.31. The van der Waals surface area contributed by atoms with Crippen LogP contribution in [0.3, 0.4) is 0 Å². The minimum atomic E-state index is 0.405. The maximum absolute atomic E-state index is 2.58. The van der Waals surface area contributed by atoms with Crippen LogP contribution in [0.25, 0.3) is 0 Å². The van der Waals surface area contributed by atoms with E-state index in [1.54, 1.807) is 0 Å². The zero-order chi connectivity index (χ0) is 12.7. The van der Waals surface area contributed by atoms with E-state index in [4.69, 9.17) is 0 Å². The summed E-state index contributed by atoms with van der Waals surface area (Å²) in [7, 11) is 0. The monoisotopic (exact) mass is 244 g/mol. The molecule has 0 atom stereocenters. The molecule has 18 heavy (non-hydrogen) atoms. The van der Waals surface area contributed by atoms with Gasteiger partial charge in [-0.3, -0.25) is 0 Å². The second kappa shape index (κ2) is 6.75. The highest BCUT2D eigenvalue weighted by atomic mass is 15.0. The van der Waals surface area contributed by atoms with Crippen LogP contribution >= 0.6 is 0 Å². The van der Waals surface area contributed by atoms with Gasteiger partial charge in [0.05, 0.1) is 6.54 Å². The highest BCUT2D eigenvalue weighted by Crippen LogP contribution is 2.25. The van der Waals surface area contributed by atoms with Crippen molar-refractivity contribution in [2.45, 2.75) is 51.0 Å². The van der Waals surface area contributed by atoms with Crippen LogP contribution in [0.4, 0.5) is 0 Å². The van der Waals surface area contributed by atoms with E-state index in [0.717, 1.165) is 0 Å². The Morgan fingerprint density at radius 2 is 1.83 bits per heavy atom. The van der Waals surface area contributed by atoms with Crippen LogP contribution in [0.15, 0.2) is 42.5 Å². The molecule has 1 fully saturated rings. The van der Waals surface area contributed by atoms with E-state index >= 15 is 0 Å². The quantitative estimate of drug-likeness (QED) is 0.767. The van der Waals surface area contributed by atoms with Crippen molar-refractivity contribution in [1.82, 2.24) is 0 Å². The molecule has 0 heterocycles. The molecule has 1 aromatic rings. The molecule has 0 spiro atoms. The summed E-state index contributed by atoms with van der Waals surface area (Å²) in [6, 6.07) is 10.8. The average Bonchev–Trinajstić information content (AvgIpc) is 2.41. The maximum Gasteiger partial charge on any atom is 0.115 e. The van der Waals surface area contributed by atoms with Gasteiger partial charge in [-0.2, -0.15) is 0 Å². The van der Waals surface area contributed by atoms with Gasteiger partial charge in [0.25, 0.3) is 0 Å². The van der Waals surface area contributed by atoms with E-state index in [9.17, 15) is 0 Å². The molecule has 2 N–H and O–H groups in total. The number of benzene rings is 1. The lowest BCUT2D eigenvalue weighted by molar-refractivity contribution is -0.718. The summed E-state index contributed by atoms with van der Waals surface area (Å²) in [4.78, 5) is 0. The Balaban J connectivity index is 1.86. The van der Waals surface area contributed by atoms with Gasteiger partial charge in [-0.15, -0.1) is 0 Å². The third-order valence-electron chi connectivity index (χ3n) is 4.11. The van der Waals surface area contributed by atoms with E-state index in [1.165, 1.54) is 50.6 Å². The van der Waals surface area contributed by atoms with Crippen LogP contribution in [0.5, 0.6) is 0 Å². The summed E-state index contributed by atoms with van der Waals surface area (Å²) in [5.74, 6) is 0. The maximum atomic E-state index is 2.58. The lowest BCUT2D eigenvalue weighted by Gasteiger charge is -2.32. The van der Waals surface area contributed by atoms with E-state index < -0.39 is 0 Å². The minimum Gasteiger partial charge on any atom is -0.338 e. The fraction of sp³-hybridized carbons (Fsp3) is 0.529. The standard InChI is InChI=1S/C17H25N/c1-2-12-17(13-7-4-8-14-17)18-15-11-16-9-5-3-6-10-16/h2-3,5-6,9-10,12,18H,4,7-8,11,13-15H2,1H3/p+1. The zero-order valence-electron chi connectivity index (χ0n) is 11.6. The smallest absolute Gasteiger partial charge is 0.115 e. The van der Waals surface area contributed by atoms with Gasteiger partial charge in [0.1, 0.15) is 5.54 Å². The Morgan fingerprint density at radius 3 is 2.50 bits per heavy atom. The molecule has 0 aromatic heterocycles. The molecule has 1 saturated carbocycles. The van der Waals surface area contributed by atoms with Gasteiger partial charge in [-0.1, -0.05) is 42.8 Å². The van der Waals surface area contributed by atoms with Crippen molar-refractivity contribution in [3.05, 3.63) is 48.0 Å². The number of rotatable bonds is 5. The van der Waals surface area contributed by atoms with Crippen molar-refractivity contribution in [1.29, 1.82) is 0 Å². The van der Waals surface area contributed by atoms with E-state index in [0.29, 0.717) is 5.54 Å². The summed E-state index contributed by atoms with van der Waals surface area (Å²) < 4.78 is 0. The fourth-order valence-corrected chi connectivity index (χ4v) is 3.15. The lowest BCUT2D eigenvalue weighted by Crippen LogP contribution is -2.97. The molecular weight excluding hydrogens is 218 g/mol. The van der Waals surface area contributed by atoms with E-state index in [-0.39, 0.29) is 0 Å². The van der Waals surface area contributed by atoms with Crippen LogP contribution < -0.4 is 5.32 Å². The van der Waals surface area contributed by atoms with Crippen molar-refractivity contribution in [3.63, 3.8) is 0 Å². The Kier molecular flexibility index (Phi) is 5.00. The molecule has 0 amide bonds. The fourth-order valence-electron chi connectivity index (χ4n) is 3.15. The van der Waals surface area contributed by atoms with Crippen LogP contribution in [0.1, 0.15) is 44.6 Å². The van der Waals surface area contributed by atoms with Crippen molar-refractivity contribution in [3.8, 4) is 0 Å². The molecule has 2 rings (SSSR count). The lowest BCUT2D eigenvalue weighted by atomic mass is 9.81. The second-order valence-electron chi connectivity index (χ2n) is 5.52. The van der Waals surface area contributed by atoms with E-state index in [2.05, 4.69) is 54.7 Å². The molecule has 1 aliphatic carbocycles. The first-order valence-corrected chi connectivity index (χ1v) is 7.37. The summed E-state index contributed by atoms with van der Waals surface area (Å²) in [5, 5.41) is 2.58. The Hall–Kier alpha value is -1.08. The van der Waals surface area contributed by atoms with Gasteiger partial charge >= 0.3 is 0 Å². The third kappa shape index (κ3) is 3.71. The molecule has 0 saturated heterocycles. The number of allylic oxidation sites excluding steroid dienone is 1. The largest absolute Gasteiger partial charge is 0.338 e. The van der Waals surface area contributed by atoms with Crippen LogP contribution in [0.2, 0.25) is 0 Å². The highest BCUT2D eigenvalue weighted by molar-refractivity contribution is 5.14. The molecule has 98 valence electrons. The first-order chi connectivity index (χ1) is 8.85. The number of hydrogen-bond donors (Lipinski definition) is 1. The Bertz CT molecular complexity index is 360. The summed E-state index contributed by atoms with van der Waals surface area (Å²) in [6.45, 7) is 3.36. The third-order valence-corrected chi connectivity index (χ3v) is 4.11. The summed E-state index contributed by atoms with van der Waals surface area (Å²) in [6.07, 6.45) is 12.8. The molecule has 0 unspecified atom stereocenters. The number of nitrogens with two attached hydrogens (primary N) is 1. The van der Waals surface area contributed by atoms with Crippen LogP contribution in [-0.4, -0.2) is 12.1 Å². The van der Waals surface area contributed by atoms with Crippen molar-refractivity contribution in [2.75, 3.05) is 6.54 Å². The molecule has 0 bridgehead atoms. The molecular formula is C17H26N+. The zero-order valence-corrected chi connectivity index (χ0v) is 11.6. The number of hydrogen-bond acceptors (Lipinski definition) is 0. The first-order valence-electron chi connectivity index (χ1n) is 7.37.